The Morgan fingerprint density at radius 1 is 1.57 bits per heavy atom. The molecule has 0 saturated carbocycles. The SMILES string of the molecule is CC1COCCCN1CC(C)(C)C=O. The van der Waals surface area contributed by atoms with Gasteiger partial charge in [0.2, 0.25) is 0 Å². The van der Waals surface area contributed by atoms with Crippen molar-refractivity contribution in [3.8, 4) is 0 Å². The van der Waals surface area contributed by atoms with E-state index in [4.69, 9.17) is 4.74 Å². The van der Waals surface area contributed by atoms with Gasteiger partial charge in [-0.05, 0) is 13.3 Å². The number of ether oxygens (including phenoxy) is 1. The molecular formula is C11H21NO2. The van der Waals surface area contributed by atoms with Gasteiger partial charge < -0.3 is 9.53 Å². The van der Waals surface area contributed by atoms with Crippen molar-refractivity contribution in [1.29, 1.82) is 0 Å². The first-order valence-corrected chi connectivity index (χ1v) is 5.33. The molecule has 1 unspecified atom stereocenters. The van der Waals surface area contributed by atoms with Gasteiger partial charge in [0.05, 0.1) is 6.61 Å². The fraction of sp³-hybridized carbons (Fsp3) is 0.909. The normalized spacial score (nSPS) is 25.8. The Kier molecular flexibility index (Phi) is 4.08. The number of nitrogens with zero attached hydrogens (tertiary/aromatic N) is 1. The number of carbonyl (C=O) groups is 1. The van der Waals surface area contributed by atoms with Crippen LogP contribution in [0.2, 0.25) is 0 Å². The van der Waals surface area contributed by atoms with E-state index < -0.39 is 0 Å². The number of rotatable bonds is 3. The van der Waals surface area contributed by atoms with Gasteiger partial charge in [-0.2, -0.15) is 0 Å². The van der Waals surface area contributed by atoms with Crippen LogP contribution in [0.15, 0.2) is 0 Å². The summed E-state index contributed by atoms with van der Waals surface area (Å²) in [6.45, 7) is 9.64. The van der Waals surface area contributed by atoms with Crippen LogP contribution < -0.4 is 0 Å². The smallest absolute Gasteiger partial charge is 0.126 e. The summed E-state index contributed by atoms with van der Waals surface area (Å²) in [6.07, 6.45) is 2.12. The third-order valence-corrected chi connectivity index (χ3v) is 2.65. The first-order valence-electron chi connectivity index (χ1n) is 5.33. The molecule has 1 saturated heterocycles. The molecule has 1 aliphatic heterocycles. The van der Waals surface area contributed by atoms with Crippen LogP contribution in [0.5, 0.6) is 0 Å². The molecular weight excluding hydrogens is 178 g/mol. The van der Waals surface area contributed by atoms with Crippen molar-refractivity contribution < 1.29 is 9.53 Å². The standard InChI is InChI=1S/C11H21NO2/c1-10-7-14-6-4-5-12(10)8-11(2,3)9-13/h9-10H,4-8H2,1-3H3. The topological polar surface area (TPSA) is 29.5 Å². The van der Waals surface area contributed by atoms with E-state index >= 15 is 0 Å². The highest BCUT2D eigenvalue weighted by Crippen LogP contribution is 2.17. The van der Waals surface area contributed by atoms with Gasteiger partial charge in [-0.15, -0.1) is 0 Å². The monoisotopic (exact) mass is 199 g/mol. The number of aldehydes is 1. The van der Waals surface area contributed by atoms with Crippen LogP contribution in [-0.2, 0) is 9.53 Å². The lowest BCUT2D eigenvalue weighted by Gasteiger charge is -2.31. The zero-order valence-corrected chi connectivity index (χ0v) is 9.45. The minimum Gasteiger partial charge on any atom is -0.380 e. The minimum atomic E-state index is -0.237. The second kappa shape index (κ2) is 4.89. The molecule has 0 aromatic rings. The van der Waals surface area contributed by atoms with E-state index in [1.807, 2.05) is 13.8 Å². The zero-order chi connectivity index (χ0) is 10.6. The molecule has 0 aliphatic carbocycles. The van der Waals surface area contributed by atoms with E-state index in [0.717, 1.165) is 39.0 Å². The summed E-state index contributed by atoms with van der Waals surface area (Å²) in [5.41, 5.74) is -0.237. The van der Waals surface area contributed by atoms with Crippen LogP contribution in [0.4, 0.5) is 0 Å². The van der Waals surface area contributed by atoms with E-state index in [9.17, 15) is 4.79 Å². The first kappa shape index (κ1) is 11.7. The molecule has 0 bridgehead atoms. The highest BCUT2D eigenvalue weighted by Gasteiger charge is 2.25. The van der Waals surface area contributed by atoms with Crippen molar-refractivity contribution >= 4 is 6.29 Å². The summed E-state index contributed by atoms with van der Waals surface area (Å²) in [5.74, 6) is 0. The van der Waals surface area contributed by atoms with Gasteiger partial charge in [-0.25, -0.2) is 0 Å². The summed E-state index contributed by atoms with van der Waals surface area (Å²) in [7, 11) is 0. The van der Waals surface area contributed by atoms with Crippen molar-refractivity contribution in [3.63, 3.8) is 0 Å². The van der Waals surface area contributed by atoms with Gasteiger partial charge in [0.1, 0.15) is 6.29 Å². The molecule has 14 heavy (non-hydrogen) atoms. The van der Waals surface area contributed by atoms with Crippen LogP contribution >= 0.6 is 0 Å². The molecule has 1 fully saturated rings. The van der Waals surface area contributed by atoms with Crippen LogP contribution in [-0.4, -0.2) is 43.5 Å². The molecule has 0 amide bonds. The van der Waals surface area contributed by atoms with Crippen molar-refractivity contribution in [2.24, 2.45) is 5.41 Å². The Bertz CT molecular complexity index is 192. The fourth-order valence-electron chi connectivity index (χ4n) is 1.74. The van der Waals surface area contributed by atoms with E-state index in [1.54, 1.807) is 0 Å². The average molecular weight is 199 g/mol. The van der Waals surface area contributed by atoms with E-state index in [1.165, 1.54) is 0 Å². The largest absolute Gasteiger partial charge is 0.380 e. The molecule has 0 aromatic carbocycles. The van der Waals surface area contributed by atoms with E-state index in [0.29, 0.717) is 6.04 Å². The van der Waals surface area contributed by atoms with Crippen LogP contribution in [0.25, 0.3) is 0 Å². The van der Waals surface area contributed by atoms with Crippen molar-refractivity contribution in [3.05, 3.63) is 0 Å². The quantitative estimate of drug-likeness (QED) is 0.642. The van der Waals surface area contributed by atoms with Crippen LogP contribution in [0.1, 0.15) is 27.2 Å². The van der Waals surface area contributed by atoms with Crippen molar-refractivity contribution in [2.75, 3.05) is 26.3 Å². The Hall–Kier alpha value is -0.410. The van der Waals surface area contributed by atoms with Crippen molar-refractivity contribution in [2.45, 2.75) is 33.2 Å². The zero-order valence-electron chi connectivity index (χ0n) is 9.45. The summed E-state index contributed by atoms with van der Waals surface area (Å²) in [6, 6.07) is 0.428. The number of hydrogen-bond donors (Lipinski definition) is 0. The van der Waals surface area contributed by atoms with Crippen LogP contribution in [0.3, 0.4) is 0 Å². The second-order valence-corrected chi connectivity index (χ2v) is 4.85. The van der Waals surface area contributed by atoms with Crippen molar-refractivity contribution in [1.82, 2.24) is 4.90 Å². The maximum Gasteiger partial charge on any atom is 0.126 e. The second-order valence-electron chi connectivity index (χ2n) is 4.85. The lowest BCUT2D eigenvalue weighted by molar-refractivity contribution is -0.115. The lowest BCUT2D eigenvalue weighted by atomic mass is 9.94. The summed E-state index contributed by atoms with van der Waals surface area (Å²) in [5, 5.41) is 0. The molecule has 82 valence electrons. The Morgan fingerprint density at radius 3 is 2.93 bits per heavy atom. The van der Waals surface area contributed by atoms with Gasteiger partial charge in [0, 0.05) is 31.2 Å². The predicted octanol–water partition coefficient (Wildman–Crippen LogP) is 1.32. The molecule has 1 heterocycles. The minimum absolute atomic E-state index is 0.237. The Morgan fingerprint density at radius 2 is 2.29 bits per heavy atom. The van der Waals surface area contributed by atoms with Gasteiger partial charge >= 0.3 is 0 Å². The maximum atomic E-state index is 10.8. The average Bonchev–Trinajstić information content (AvgIpc) is 2.32. The van der Waals surface area contributed by atoms with Gasteiger partial charge in [-0.1, -0.05) is 13.8 Å². The number of hydrogen-bond acceptors (Lipinski definition) is 3. The predicted molar refractivity (Wildman–Crippen MR) is 56.3 cm³/mol. The molecule has 0 radical (unpaired) electrons. The highest BCUT2D eigenvalue weighted by atomic mass is 16.5. The molecule has 1 atom stereocenters. The highest BCUT2D eigenvalue weighted by molar-refractivity contribution is 5.58. The van der Waals surface area contributed by atoms with Gasteiger partial charge in [0.15, 0.2) is 0 Å². The van der Waals surface area contributed by atoms with Gasteiger partial charge in [-0.3, -0.25) is 4.90 Å². The summed E-state index contributed by atoms with van der Waals surface area (Å²) in [4.78, 5) is 13.2. The summed E-state index contributed by atoms with van der Waals surface area (Å²) >= 11 is 0. The Balaban J connectivity index is 2.52. The van der Waals surface area contributed by atoms with Gasteiger partial charge in [0.25, 0.3) is 0 Å². The maximum absolute atomic E-state index is 10.8. The third-order valence-electron chi connectivity index (χ3n) is 2.65. The third kappa shape index (κ3) is 3.39. The molecule has 0 aromatic heterocycles. The first-order chi connectivity index (χ1) is 6.55. The number of carbonyl (C=O) groups excluding carboxylic acids is 1. The molecule has 0 spiro atoms. The van der Waals surface area contributed by atoms with Crippen LogP contribution in [0, 0.1) is 5.41 Å². The molecule has 0 N–H and O–H groups in total. The lowest BCUT2D eigenvalue weighted by Crippen LogP contribution is -2.42. The molecule has 1 rings (SSSR count). The Labute approximate surface area is 86.4 Å². The van der Waals surface area contributed by atoms with E-state index in [2.05, 4.69) is 11.8 Å². The molecule has 3 nitrogen and oxygen atoms in total. The fourth-order valence-corrected chi connectivity index (χ4v) is 1.74. The summed E-state index contributed by atoms with van der Waals surface area (Å²) < 4.78 is 5.46. The molecule has 1 aliphatic rings. The molecule has 3 heteroatoms. The van der Waals surface area contributed by atoms with E-state index in [-0.39, 0.29) is 5.41 Å².